The normalized spacial score (nSPS) is 11.4. The number of nitrogens with two attached hydrogens (primary N) is 1. The number of rotatable bonds is 3. The zero-order chi connectivity index (χ0) is 12.6. The van der Waals surface area contributed by atoms with Crippen LogP contribution in [0, 0.1) is 19.8 Å². The predicted molar refractivity (Wildman–Crippen MR) is 72.2 cm³/mol. The maximum atomic E-state index is 5.85. The molecule has 0 unspecified atom stereocenters. The van der Waals surface area contributed by atoms with Crippen LogP contribution in [-0.4, -0.2) is 5.16 Å². The van der Waals surface area contributed by atoms with E-state index in [-0.39, 0.29) is 0 Å². The van der Waals surface area contributed by atoms with Crippen molar-refractivity contribution in [3.63, 3.8) is 0 Å². The Bertz CT molecular complexity index is 506. The Balaban J connectivity index is 2.45. The molecule has 3 nitrogen and oxygen atoms in total. The van der Waals surface area contributed by atoms with Gasteiger partial charge < -0.3 is 10.3 Å². The summed E-state index contributed by atoms with van der Waals surface area (Å²) in [5.41, 5.74) is 9.10. The van der Waals surface area contributed by atoms with Crippen LogP contribution in [0.5, 0.6) is 0 Å². The van der Waals surface area contributed by atoms with E-state index < -0.39 is 0 Å². The maximum Gasteiger partial charge on any atom is 0.225 e. The van der Waals surface area contributed by atoms with Crippen LogP contribution in [0.3, 0.4) is 0 Å². The molecule has 0 amide bonds. The largest absolute Gasteiger partial charge is 0.367 e. The molecular formula is C13H18N2OS. The lowest BCUT2D eigenvalue weighted by Crippen LogP contribution is -1.98. The third kappa shape index (κ3) is 2.36. The average Bonchev–Trinajstić information content (AvgIpc) is 2.73. The Labute approximate surface area is 106 Å². The van der Waals surface area contributed by atoms with E-state index in [1.54, 1.807) is 11.3 Å². The van der Waals surface area contributed by atoms with Crippen molar-refractivity contribution in [1.29, 1.82) is 0 Å². The second kappa shape index (κ2) is 4.53. The van der Waals surface area contributed by atoms with Crippen LogP contribution in [-0.2, 0) is 6.42 Å². The lowest BCUT2D eigenvalue weighted by atomic mass is 10.0. The lowest BCUT2D eigenvalue weighted by molar-refractivity contribution is 0.438. The molecule has 0 spiro atoms. The van der Waals surface area contributed by atoms with E-state index in [1.165, 1.54) is 10.4 Å². The van der Waals surface area contributed by atoms with E-state index in [9.17, 15) is 0 Å². The summed E-state index contributed by atoms with van der Waals surface area (Å²) in [6.07, 6.45) is 0.903. The van der Waals surface area contributed by atoms with Gasteiger partial charge >= 0.3 is 0 Å². The van der Waals surface area contributed by atoms with Gasteiger partial charge in [-0.1, -0.05) is 19.0 Å². The zero-order valence-electron chi connectivity index (χ0n) is 10.7. The molecule has 0 aliphatic rings. The monoisotopic (exact) mass is 250 g/mol. The zero-order valence-corrected chi connectivity index (χ0v) is 11.5. The molecule has 2 rings (SSSR count). The molecule has 92 valence electrons. The molecule has 2 heterocycles. The summed E-state index contributed by atoms with van der Waals surface area (Å²) in [5, 5.41) is 4.10. The maximum absolute atomic E-state index is 5.85. The molecular weight excluding hydrogens is 232 g/mol. The molecule has 0 bridgehead atoms. The molecule has 0 radical (unpaired) electrons. The number of thiophene rings is 1. The highest BCUT2D eigenvalue weighted by Gasteiger charge is 2.18. The van der Waals surface area contributed by atoms with Crippen LogP contribution in [0.2, 0.25) is 0 Å². The minimum Gasteiger partial charge on any atom is -0.367 e. The van der Waals surface area contributed by atoms with Crippen LogP contribution in [0.4, 0.5) is 5.88 Å². The molecule has 0 aliphatic carbocycles. The molecule has 4 heteroatoms. The minimum atomic E-state index is 0.456. The van der Waals surface area contributed by atoms with Gasteiger partial charge in [0.1, 0.15) is 5.69 Å². The number of nitrogen functional groups attached to an aromatic ring is 1. The van der Waals surface area contributed by atoms with Crippen LogP contribution in [0.25, 0.3) is 10.6 Å². The Morgan fingerprint density at radius 1 is 1.41 bits per heavy atom. The Kier molecular flexibility index (Phi) is 3.24. The smallest absolute Gasteiger partial charge is 0.225 e. The van der Waals surface area contributed by atoms with Gasteiger partial charge in [0.05, 0.1) is 4.88 Å². The van der Waals surface area contributed by atoms with Gasteiger partial charge in [-0.25, -0.2) is 0 Å². The summed E-state index contributed by atoms with van der Waals surface area (Å²) in [5.74, 6) is 0.995. The SMILES string of the molecule is Cc1cc(-c2noc(N)c2CC(C)C)sc1C. The molecule has 0 aromatic carbocycles. The van der Waals surface area contributed by atoms with Crippen molar-refractivity contribution in [2.45, 2.75) is 34.1 Å². The van der Waals surface area contributed by atoms with Gasteiger partial charge in [-0.2, -0.15) is 0 Å². The van der Waals surface area contributed by atoms with Crippen molar-refractivity contribution in [2.75, 3.05) is 5.73 Å². The quantitative estimate of drug-likeness (QED) is 0.901. The molecule has 0 saturated carbocycles. The molecule has 0 saturated heterocycles. The Morgan fingerprint density at radius 2 is 2.12 bits per heavy atom. The van der Waals surface area contributed by atoms with Gasteiger partial charge in [0.15, 0.2) is 0 Å². The number of hydrogen-bond donors (Lipinski definition) is 1. The molecule has 0 aliphatic heterocycles. The van der Waals surface area contributed by atoms with E-state index in [0.717, 1.165) is 22.6 Å². The van der Waals surface area contributed by atoms with Crippen molar-refractivity contribution in [3.8, 4) is 10.6 Å². The fourth-order valence-corrected chi connectivity index (χ4v) is 2.85. The average molecular weight is 250 g/mol. The lowest BCUT2D eigenvalue weighted by Gasteiger charge is -2.03. The first-order valence-corrected chi connectivity index (χ1v) is 6.62. The van der Waals surface area contributed by atoms with Crippen LogP contribution < -0.4 is 5.73 Å². The summed E-state index contributed by atoms with van der Waals surface area (Å²) in [7, 11) is 0. The van der Waals surface area contributed by atoms with E-state index in [1.807, 2.05) is 0 Å². The highest BCUT2D eigenvalue weighted by molar-refractivity contribution is 7.15. The minimum absolute atomic E-state index is 0.456. The van der Waals surface area contributed by atoms with E-state index in [4.69, 9.17) is 10.3 Å². The highest BCUT2D eigenvalue weighted by Crippen LogP contribution is 2.35. The van der Waals surface area contributed by atoms with Gasteiger partial charge in [0, 0.05) is 10.4 Å². The molecule has 0 fully saturated rings. The molecule has 2 aromatic heterocycles. The van der Waals surface area contributed by atoms with Crippen molar-refractivity contribution in [1.82, 2.24) is 5.16 Å². The van der Waals surface area contributed by atoms with Gasteiger partial charge in [0.25, 0.3) is 0 Å². The highest BCUT2D eigenvalue weighted by atomic mass is 32.1. The van der Waals surface area contributed by atoms with Crippen LogP contribution >= 0.6 is 11.3 Å². The summed E-state index contributed by atoms with van der Waals surface area (Å²) < 4.78 is 5.13. The molecule has 2 aromatic rings. The molecule has 2 N–H and O–H groups in total. The second-order valence-corrected chi connectivity index (χ2v) is 6.08. The second-order valence-electron chi connectivity index (χ2n) is 4.82. The van der Waals surface area contributed by atoms with Gasteiger partial charge in [0.2, 0.25) is 5.88 Å². The first kappa shape index (κ1) is 12.2. The van der Waals surface area contributed by atoms with Crippen LogP contribution in [0.15, 0.2) is 10.6 Å². The first-order valence-electron chi connectivity index (χ1n) is 5.80. The van der Waals surface area contributed by atoms with Crippen molar-refractivity contribution in [2.24, 2.45) is 5.92 Å². The fraction of sp³-hybridized carbons (Fsp3) is 0.462. The third-order valence-corrected chi connectivity index (χ3v) is 3.99. The standard InChI is InChI=1S/C13H18N2OS/c1-7(2)5-10-12(15-16-13(10)14)11-6-8(3)9(4)17-11/h6-7H,5,14H2,1-4H3. The van der Waals surface area contributed by atoms with Gasteiger partial charge in [-0.05, 0) is 37.8 Å². The number of hydrogen-bond acceptors (Lipinski definition) is 4. The Morgan fingerprint density at radius 3 is 2.65 bits per heavy atom. The van der Waals surface area contributed by atoms with E-state index in [0.29, 0.717) is 11.8 Å². The summed E-state index contributed by atoms with van der Waals surface area (Å²) in [4.78, 5) is 2.47. The predicted octanol–water partition coefficient (Wildman–Crippen LogP) is 3.80. The van der Waals surface area contributed by atoms with Crippen molar-refractivity contribution < 1.29 is 4.52 Å². The summed E-state index contributed by atoms with van der Waals surface area (Å²) in [6.45, 7) is 8.57. The third-order valence-electron chi connectivity index (χ3n) is 2.83. The summed E-state index contributed by atoms with van der Waals surface area (Å²) in [6, 6.07) is 2.15. The number of aromatic nitrogens is 1. The summed E-state index contributed by atoms with van der Waals surface area (Å²) >= 11 is 1.74. The van der Waals surface area contributed by atoms with E-state index >= 15 is 0 Å². The van der Waals surface area contributed by atoms with Crippen molar-refractivity contribution >= 4 is 17.2 Å². The van der Waals surface area contributed by atoms with Gasteiger partial charge in [-0.15, -0.1) is 11.3 Å². The first-order chi connectivity index (χ1) is 7.99. The Hall–Kier alpha value is -1.29. The van der Waals surface area contributed by atoms with Crippen LogP contribution in [0.1, 0.15) is 29.9 Å². The van der Waals surface area contributed by atoms with E-state index in [2.05, 4.69) is 38.9 Å². The topological polar surface area (TPSA) is 52.0 Å². The molecule has 17 heavy (non-hydrogen) atoms. The fourth-order valence-electron chi connectivity index (χ4n) is 1.81. The number of anilines is 1. The number of aryl methyl sites for hydroxylation is 2. The number of nitrogens with zero attached hydrogens (tertiary/aromatic N) is 1. The van der Waals surface area contributed by atoms with Crippen molar-refractivity contribution in [3.05, 3.63) is 22.1 Å². The van der Waals surface area contributed by atoms with Gasteiger partial charge in [-0.3, -0.25) is 0 Å². The molecule has 0 atom stereocenters.